The molecule has 0 aliphatic heterocycles. The smallest absolute Gasteiger partial charge is 0.0210 e. The summed E-state index contributed by atoms with van der Waals surface area (Å²) in [6.07, 6.45) is 3.86. The minimum atomic E-state index is 0.888. The molecular weight excluding hydrogens is 212 g/mol. The SMILES string of the molecule is CC[C@@H]1Cc2cccc(Br)c2C1. The molecule has 0 aromatic heterocycles. The van der Waals surface area contributed by atoms with E-state index < -0.39 is 0 Å². The Balaban J connectivity index is 2.35. The van der Waals surface area contributed by atoms with E-state index in [1.165, 1.54) is 23.7 Å². The van der Waals surface area contributed by atoms with E-state index in [9.17, 15) is 0 Å². The first kappa shape index (κ1) is 8.31. The Kier molecular flexibility index (Phi) is 2.22. The van der Waals surface area contributed by atoms with Crippen molar-refractivity contribution in [1.82, 2.24) is 0 Å². The largest absolute Gasteiger partial charge is 0.0651 e. The van der Waals surface area contributed by atoms with Gasteiger partial charge < -0.3 is 0 Å². The maximum Gasteiger partial charge on any atom is 0.0210 e. The zero-order valence-corrected chi connectivity index (χ0v) is 8.89. The number of fused-ring (bicyclic) bond motifs is 1. The third-order valence-electron chi connectivity index (χ3n) is 2.79. The third-order valence-corrected chi connectivity index (χ3v) is 3.54. The highest BCUT2D eigenvalue weighted by atomic mass is 79.9. The van der Waals surface area contributed by atoms with Crippen molar-refractivity contribution in [3.8, 4) is 0 Å². The number of rotatable bonds is 1. The van der Waals surface area contributed by atoms with Crippen LogP contribution in [-0.4, -0.2) is 0 Å². The molecule has 64 valence electrons. The van der Waals surface area contributed by atoms with Gasteiger partial charge in [-0.25, -0.2) is 0 Å². The van der Waals surface area contributed by atoms with Crippen LogP contribution >= 0.6 is 15.9 Å². The van der Waals surface area contributed by atoms with Gasteiger partial charge in [0.1, 0.15) is 0 Å². The van der Waals surface area contributed by atoms with Crippen LogP contribution in [0.25, 0.3) is 0 Å². The van der Waals surface area contributed by atoms with Crippen molar-refractivity contribution in [2.24, 2.45) is 5.92 Å². The number of hydrogen-bond donors (Lipinski definition) is 0. The van der Waals surface area contributed by atoms with E-state index in [1.54, 1.807) is 11.1 Å². The molecule has 12 heavy (non-hydrogen) atoms. The number of benzene rings is 1. The van der Waals surface area contributed by atoms with Gasteiger partial charge in [0, 0.05) is 4.47 Å². The lowest BCUT2D eigenvalue weighted by Gasteiger charge is -2.01. The van der Waals surface area contributed by atoms with Gasteiger partial charge in [0.2, 0.25) is 0 Å². The molecule has 0 unspecified atom stereocenters. The maximum absolute atomic E-state index is 3.60. The molecule has 0 amide bonds. The second-order valence-corrected chi connectivity index (χ2v) is 4.41. The molecule has 0 radical (unpaired) electrons. The molecule has 1 aliphatic rings. The van der Waals surface area contributed by atoms with Crippen molar-refractivity contribution in [2.75, 3.05) is 0 Å². The first-order chi connectivity index (χ1) is 5.81. The summed E-state index contributed by atoms with van der Waals surface area (Å²) in [4.78, 5) is 0. The maximum atomic E-state index is 3.60. The summed E-state index contributed by atoms with van der Waals surface area (Å²) in [5, 5.41) is 0. The first-order valence-electron chi connectivity index (χ1n) is 4.57. The predicted molar refractivity (Wildman–Crippen MR) is 55.3 cm³/mol. The summed E-state index contributed by atoms with van der Waals surface area (Å²) < 4.78 is 1.30. The Morgan fingerprint density at radius 2 is 2.25 bits per heavy atom. The monoisotopic (exact) mass is 224 g/mol. The molecule has 1 aromatic carbocycles. The molecule has 1 heteroatoms. The van der Waals surface area contributed by atoms with E-state index in [2.05, 4.69) is 41.1 Å². The van der Waals surface area contributed by atoms with Gasteiger partial charge in [0.15, 0.2) is 0 Å². The van der Waals surface area contributed by atoms with Gasteiger partial charge in [0.05, 0.1) is 0 Å². The molecule has 0 spiro atoms. The minimum absolute atomic E-state index is 0.888. The number of halogens is 1. The average molecular weight is 225 g/mol. The summed E-state index contributed by atoms with van der Waals surface area (Å²) in [5.41, 5.74) is 3.10. The second kappa shape index (κ2) is 3.21. The molecule has 1 aromatic rings. The lowest BCUT2D eigenvalue weighted by molar-refractivity contribution is 0.542. The Morgan fingerprint density at radius 1 is 1.42 bits per heavy atom. The fourth-order valence-corrected chi connectivity index (χ4v) is 2.55. The molecule has 2 rings (SSSR count). The van der Waals surface area contributed by atoms with Crippen molar-refractivity contribution in [1.29, 1.82) is 0 Å². The molecule has 0 nitrogen and oxygen atoms in total. The van der Waals surface area contributed by atoms with E-state index in [-0.39, 0.29) is 0 Å². The van der Waals surface area contributed by atoms with Gasteiger partial charge in [-0.2, -0.15) is 0 Å². The molecule has 0 saturated heterocycles. The normalized spacial score (nSPS) is 21.0. The summed E-state index contributed by atoms with van der Waals surface area (Å²) in [7, 11) is 0. The standard InChI is InChI=1S/C11H13Br/c1-2-8-6-9-4-3-5-11(12)10(9)7-8/h3-5,8H,2,6-7H2,1H3/t8-/m1/s1. The average Bonchev–Trinajstić information content (AvgIpc) is 2.49. The van der Waals surface area contributed by atoms with Gasteiger partial charge in [-0.1, -0.05) is 41.4 Å². The fraction of sp³-hybridized carbons (Fsp3) is 0.455. The van der Waals surface area contributed by atoms with Crippen LogP contribution in [0.5, 0.6) is 0 Å². The molecule has 0 heterocycles. The van der Waals surface area contributed by atoms with Crippen LogP contribution in [0.1, 0.15) is 24.5 Å². The summed E-state index contributed by atoms with van der Waals surface area (Å²) in [6.45, 7) is 2.28. The van der Waals surface area contributed by atoms with Gasteiger partial charge in [0.25, 0.3) is 0 Å². The van der Waals surface area contributed by atoms with Crippen molar-refractivity contribution in [2.45, 2.75) is 26.2 Å². The highest BCUT2D eigenvalue weighted by Gasteiger charge is 2.20. The summed E-state index contributed by atoms with van der Waals surface area (Å²) in [6, 6.07) is 6.55. The van der Waals surface area contributed by atoms with Crippen LogP contribution in [0.4, 0.5) is 0 Å². The Bertz CT molecular complexity index is 291. The highest BCUT2D eigenvalue weighted by molar-refractivity contribution is 9.10. The third kappa shape index (κ3) is 1.31. The van der Waals surface area contributed by atoms with E-state index in [0.717, 1.165) is 5.92 Å². The van der Waals surface area contributed by atoms with Crippen LogP contribution < -0.4 is 0 Å². The fourth-order valence-electron chi connectivity index (χ4n) is 1.98. The van der Waals surface area contributed by atoms with Gasteiger partial charge in [-0.05, 0) is 36.0 Å². The van der Waals surface area contributed by atoms with Crippen molar-refractivity contribution in [3.05, 3.63) is 33.8 Å². The van der Waals surface area contributed by atoms with Crippen molar-refractivity contribution >= 4 is 15.9 Å². The molecule has 1 aliphatic carbocycles. The lowest BCUT2D eigenvalue weighted by atomic mass is 10.0. The highest BCUT2D eigenvalue weighted by Crippen LogP contribution is 2.33. The van der Waals surface area contributed by atoms with Crippen LogP contribution in [0.15, 0.2) is 22.7 Å². The van der Waals surface area contributed by atoms with Crippen LogP contribution in [0, 0.1) is 5.92 Å². The predicted octanol–water partition coefficient (Wildman–Crippen LogP) is 3.57. The Hall–Kier alpha value is -0.300. The van der Waals surface area contributed by atoms with Gasteiger partial charge in [-0.15, -0.1) is 0 Å². The van der Waals surface area contributed by atoms with Crippen LogP contribution in [0.2, 0.25) is 0 Å². The van der Waals surface area contributed by atoms with Crippen molar-refractivity contribution in [3.63, 3.8) is 0 Å². The lowest BCUT2D eigenvalue weighted by Crippen LogP contribution is -1.95. The molecule has 0 bridgehead atoms. The topological polar surface area (TPSA) is 0 Å². The van der Waals surface area contributed by atoms with Gasteiger partial charge in [-0.3, -0.25) is 0 Å². The molecule has 1 atom stereocenters. The Labute approximate surface area is 82.1 Å². The summed E-state index contributed by atoms with van der Waals surface area (Å²) in [5.74, 6) is 0.888. The quantitative estimate of drug-likeness (QED) is 0.685. The minimum Gasteiger partial charge on any atom is -0.0651 e. The van der Waals surface area contributed by atoms with Crippen molar-refractivity contribution < 1.29 is 0 Å². The van der Waals surface area contributed by atoms with Gasteiger partial charge >= 0.3 is 0 Å². The van der Waals surface area contributed by atoms with E-state index in [1.807, 2.05) is 0 Å². The Morgan fingerprint density at radius 3 is 2.92 bits per heavy atom. The van der Waals surface area contributed by atoms with Crippen LogP contribution in [0.3, 0.4) is 0 Å². The molecule has 0 N–H and O–H groups in total. The summed E-state index contributed by atoms with van der Waals surface area (Å²) >= 11 is 3.60. The van der Waals surface area contributed by atoms with E-state index in [4.69, 9.17) is 0 Å². The second-order valence-electron chi connectivity index (χ2n) is 3.56. The molecule has 0 fully saturated rings. The van der Waals surface area contributed by atoms with E-state index in [0.29, 0.717) is 0 Å². The zero-order chi connectivity index (χ0) is 8.55. The van der Waals surface area contributed by atoms with E-state index >= 15 is 0 Å². The number of hydrogen-bond acceptors (Lipinski definition) is 0. The van der Waals surface area contributed by atoms with Crippen LogP contribution in [-0.2, 0) is 12.8 Å². The molecular formula is C11H13Br. The zero-order valence-electron chi connectivity index (χ0n) is 7.31. The first-order valence-corrected chi connectivity index (χ1v) is 5.36. The molecule has 0 saturated carbocycles.